The first-order chi connectivity index (χ1) is 9.10. The molecule has 2 heterocycles. The van der Waals surface area contributed by atoms with Crippen molar-refractivity contribution in [1.29, 1.82) is 0 Å². The molecular formula is C13H22ClN3O2. The number of hydrogen-bond donors (Lipinski definition) is 1. The molecule has 2 aliphatic heterocycles. The van der Waals surface area contributed by atoms with Gasteiger partial charge in [0.15, 0.2) is 0 Å². The number of carbonyl (C=O) groups is 2. The summed E-state index contributed by atoms with van der Waals surface area (Å²) in [5.74, 6) is -0.293. The average Bonchev–Trinajstić information content (AvgIpc) is 2.47. The van der Waals surface area contributed by atoms with Gasteiger partial charge in [-0.2, -0.15) is 0 Å². The maximum absolute atomic E-state index is 12.0. The largest absolute Gasteiger partial charge is 0.368 e. The SMILES string of the molecule is NC(=O)C1(N2CCCCC2)CCN(C(=O)CCl)CC1. The van der Waals surface area contributed by atoms with E-state index in [9.17, 15) is 9.59 Å². The fraction of sp³-hybridized carbons (Fsp3) is 0.846. The molecule has 0 bridgehead atoms. The van der Waals surface area contributed by atoms with E-state index in [1.807, 2.05) is 0 Å². The number of amides is 2. The smallest absolute Gasteiger partial charge is 0.238 e. The maximum Gasteiger partial charge on any atom is 0.238 e. The highest BCUT2D eigenvalue weighted by molar-refractivity contribution is 6.27. The van der Waals surface area contributed by atoms with Crippen molar-refractivity contribution in [3.05, 3.63) is 0 Å². The van der Waals surface area contributed by atoms with Crippen molar-refractivity contribution in [1.82, 2.24) is 9.80 Å². The normalized spacial score (nSPS) is 24.2. The van der Waals surface area contributed by atoms with Gasteiger partial charge in [0.05, 0.1) is 0 Å². The Hall–Kier alpha value is -0.810. The van der Waals surface area contributed by atoms with Crippen LogP contribution in [-0.2, 0) is 9.59 Å². The Bertz CT molecular complexity index is 348. The zero-order chi connectivity index (χ0) is 13.9. The van der Waals surface area contributed by atoms with Gasteiger partial charge in [0.25, 0.3) is 0 Å². The third-order valence-electron chi connectivity index (χ3n) is 4.48. The highest BCUT2D eigenvalue weighted by Crippen LogP contribution is 2.31. The van der Waals surface area contributed by atoms with Crippen LogP contribution in [0.4, 0.5) is 0 Å². The molecule has 6 heteroatoms. The van der Waals surface area contributed by atoms with Crippen molar-refractivity contribution in [2.75, 3.05) is 32.1 Å². The number of primary amides is 1. The van der Waals surface area contributed by atoms with Gasteiger partial charge in [0.2, 0.25) is 11.8 Å². The molecule has 19 heavy (non-hydrogen) atoms. The van der Waals surface area contributed by atoms with Gasteiger partial charge in [-0.1, -0.05) is 6.42 Å². The second-order valence-electron chi connectivity index (χ2n) is 5.46. The van der Waals surface area contributed by atoms with Gasteiger partial charge in [-0.15, -0.1) is 11.6 Å². The van der Waals surface area contributed by atoms with Crippen LogP contribution >= 0.6 is 11.6 Å². The Morgan fingerprint density at radius 2 is 1.63 bits per heavy atom. The van der Waals surface area contributed by atoms with Crippen LogP contribution in [0.2, 0.25) is 0 Å². The highest BCUT2D eigenvalue weighted by Gasteiger charge is 2.45. The van der Waals surface area contributed by atoms with Crippen molar-refractivity contribution < 1.29 is 9.59 Å². The van der Waals surface area contributed by atoms with Gasteiger partial charge in [0.1, 0.15) is 11.4 Å². The highest BCUT2D eigenvalue weighted by atomic mass is 35.5. The number of alkyl halides is 1. The molecule has 0 spiro atoms. The predicted octanol–water partition coefficient (Wildman–Crippen LogP) is 0.558. The molecule has 2 saturated heterocycles. The van der Waals surface area contributed by atoms with Crippen LogP contribution in [0.3, 0.4) is 0 Å². The van der Waals surface area contributed by atoms with Crippen molar-refractivity contribution in [2.24, 2.45) is 5.73 Å². The lowest BCUT2D eigenvalue weighted by atomic mass is 9.83. The number of carbonyl (C=O) groups excluding carboxylic acids is 2. The number of likely N-dealkylation sites (tertiary alicyclic amines) is 2. The second-order valence-corrected chi connectivity index (χ2v) is 5.73. The number of rotatable bonds is 3. The van der Waals surface area contributed by atoms with Crippen LogP contribution in [0.25, 0.3) is 0 Å². The van der Waals surface area contributed by atoms with E-state index in [-0.39, 0.29) is 17.7 Å². The molecule has 0 aliphatic carbocycles. The lowest BCUT2D eigenvalue weighted by Gasteiger charge is -2.48. The Kier molecular flexibility index (Phi) is 4.68. The zero-order valence-corrected chi connectivity index (χ0v) is 12.0. The number of piperidine rings is 2. The van der Waals surface area contributed by atoms with Crippen LogP contribution in [0.1, 0.15) is 32.1 Å². The molecule has 5 nitrogen and oxygen atoms in total. The van der Waals surface area contributed by atoms with E-state index in [2.05, 4.69) is 4.90 Å². The van der Waals surface area contributed by atoms with E-state index in [1.54, 1.807) is 4.90 Å². The minimum atomic E-state index is -0.552. The van der Waals surface area contributed by atoms with E-state index in [1.165, 1.54) is 6.42 Å². The molecule has 0 unspecified atom stereocenters. The summed E-state index contributed by atoms with van der Waals surface area (Å²) in [4.78, 5) is 27.5. The van der Waals surface area contributed by atoms with E-state index < -0.39 is 5.54 Å². The van der Waals surface area contributed by atoms with Crippen LogP contribution in [0.15, 0.2) is 0 Å². The first-order valence-electron chi connectivity index (χ1n) is 6.99. The number of nitrogens with zero attached hydrogens (tertiary/aromatic N) is 2. The minimum Gasteiger partial charge on any atom is -0.368 e. The summed E-state index contributed by atoms with van der Waals surface area (Å²) in [6.07, 6.45) is 4.73. The summed E-state index contributed by atoms with van der Waals surface area (Å²) in [6, 6.07) is 0. The Morgan fingerprint density at radius 3 is 2.11 bits per heavy atom. The third kappa shape index (κ3) is 2.87. The lowest BCUT2D eigenvalue weighted by Crippen LogP contribution is -2.63. The molecule has 0 aromatic carbocycles. The van der Waals surface area contributed by atoms with E-state index in [0.29, 0.717) is 25.9 Å². The topological polar surface area (TPSA) is 66.6 Å². The van der Waals surface area contributed by atoms with Crippen molar-refractivity contribution in [2.45, 2.75) is 37.6 Å². The van der Waals surface area contributed by atoms with Gasteiger partial charge >= 0.3 is 0 Å². The molecule has 2 aliphatic rings. The molecule has 2 fully saturated rings. The quantitative estimate of drug-likeness (QED) is 0.771. The molecule has 2 N–H and O–H groups in total. The standard InChI is InChI=1S/C13H22ClN3O2/c14-10-11(18)16-8-4-13(5-9-16,12(15)19)17-6-2-1-3-7-17/h1-10H2,(H2,15,19). The summed E-state index contributed by atoms with van der Waals surface area (Å²) in [6.45, 7) is 3.02. The molecule has 0 radical (unpaired) electrons. The molecule has 2 rings (SSSR count). The fourth-order valence-corrected chi connectivity index (χ4v) is 3.42. The molecule has 0 saturated carbocycles. The van der Waals surface area contributed by atoms with Crippen molar-refractivity contribution in [3.63, 3.8) is 0 Å². The van der Waals surface area contributed by atoms with Gasteiger partial charge in [-0.3, -0.25) is 14.5 Å². The Labute approximate surface area is 119 Å². The van der Waals surface area contributed by atoms with E-state index in [4.69, 9.17) is 17.3 Å². The lowest BCUT2D eigenvalue weighted by molar-refractivity contribution is -0.140. The molecule has 108 valence electrons. The minimum absolute atomic E-state index is 0.00723. The summed E-state index contributed by atoms with van der Waals surface area (Å²) in [5, 5.41) is 0. The number of nitrogens with two attached hydrogens (primary N) is 1. The Balaban J connectivity index is 2.06. The third-order valence-corrected chi connectivity index (χ3v) is 4.71. The van der Waals surface area contributed by atoms with E-state index in [0.717, 1.165) is 25.9 Å². The molecule has 0 atom stereocenters. The van der Waals surface area contributed by atoms with Gasteiger partial charge < -0.3 is 10.6 Å². The van der Waals surface area contributed by atoms with E-state index >= 15 is 0 Å². The molecule has 2 amide bonds. The van der Waals surface area contributed by atoms with Crippen LogP contribution < -0.4 is 5.73 Å². The summed E-state index contributed by atoms with van der Waals surface area (Å²) < 4.78 is 0. The van der Waals surface area contributed by atoms with Gasteiger partial charge in [-0.25, -0.2) is 0 Å². The fourth-order valence-electron chi connectivity index (χ4n) is 3.25. The van der Waals surface area contributed by atoms with Crippen LogP contribution in [0.5, 0.6) is 0 Å². The molecular weight excluding hydrogens is 266 g/mol. The summed E-state index contributed by atoms with van der Waals surface area (Å²) >= 11 is 5.57. The summed E-state index contributed by atoms with van der Waals surface area (Å²) in [7, 11) is 0. The van der Waals surface area contributed by atoms with Crippen LogP contribution in [-0.4, -0.2) is 59.2 Å². The molecule has 0 aromatic rings. The monoisotopic (exact) mass is 287 g/mol. The van der Waals surface area contributed by atoms with Gasteiger partial charge in [0, 0.05) is 13.1 Å². The zero-order valence-electron chi connectivity index (χ0n) is 11.2. The number of hydrogen-bond acceptors (Lipinski definition) is 3. The van der Waals surface area contributed by atoms with Crippen LogP contribution in [0, 0.1) is 0 Å². The van der Waals surface area contributed by atoms with Crippen molar-refractivity contribution in [3.8, 4) is 0 Å². The Morgan fingerprint density at radius 1 is 1.05 bits per heavy atom. The number of halogens is 1. The maximum atomic E-state index is 12.0. The average molecular weight is 288 g/mol. The first-order valence-corrected chi connectivity index (χ1v) is 7.52. The van der Waals surface area contributed by atoms with Gasteiger partial charge in [-0.05, 0) is 38.8 Å². The second kappa shape index (κ2) is 6.09. The van der Waals surface area contributed by atoms with Crippen molar-refractivity contribution >= 4 is 23.4 Å². The summed E-state index contributed by atoms with van der Waals surface area (Å²) in [5.41, 5.74) is 5.12. The molecule has 0 aromatic heterocycles. The predicted molar refractivity (Wildman–Crippen MR) is 73.9 cm³/mol. The first kappa shape index (κ1) is 14.6.